The molecular weight excluding hydrogens is 307 g/mol. The largest absolute Gasteiger partial charge is 0.328 e. The third kappa shape index (κ3) is 2.22. The van der Waals surface area contributed by atoms with Gasteiger partial charge in [0.2, 0.25) is 11.7 Å². The molecule has 1 amide bonds. The summed E-state index contributed by atoms with van der Waals surface area (Å²) in [5, 5.41) is 11.5. The Labute approximate surface area is 111 Å². The number of carbonyl (C=O) groups excluding carboxylic acids is 1. The van der Waals surface area contributed by atoms with Crippen molar-refractivity contribution in [2.75, 3.05) is 16.8 Å². The lowest BCUT2D eigenvalue weighted by molar-refractivity contribution is -0.386. The number of nitro groups is 1. The predicted molar refractivity (Wildman–Crippen MR) is 67.3 cm³/mol. The standard InChI is InChI=1S/C11H10BrFN2O3/c12-5-7-4-10(16)14(6-7)9-3-1-2-8(13)11(9)15(17)18/h1-3,7H,4-6H2. The summed E-state index contributed by atoms with van der Waals surface area (Å²) in [4.78, 5) is 23.2. The molecule has 0 saturated carbocycles. The molecule has 1 aliphatic rings. The molecule has 0 aliphatic carbocycles. The molecule has 1 heterocycles. The minimum Gasteiger partial charge on any atom is -0.306 e. The van der Waals surface area contributed by atoms with Crippen LogP contribution in [0.1, 0.15) is 6.42 Å². The fourth-order valence-corrected chi connectivity index (χ4v) is 2.45. The van der Waals surface area contributed by atoms with Crippen molar-refractivity contribution >= 4 is 33.2 Å². The summed E-state index contributed by atoms with van der Waals surface area (Å²) in [6.07, 6.45) is 0.318. The van der Waals surface area contributed by atoms with Crippen molar-refractivity contribution in [2.24, 2.45) is 5.92 Å². The summed E-state index contributed by atoms with van der Waals surface area (Å²) in [6, 6.07) is 3.78. The summed E-state index contributed by atoms with van der Waals surface area (Å²) in [5.41, 5.74) is -0.602. The van der Waals surface area contributed by atoms with E-state index < -0.39 is 16.4 Å². The number of anilines is 1. The molecule has 0 N–H and O–H groups in total. The molecule has 0 radical (unpaired) electrons. The summed E-state index contributed by atoms with van der Waals surface area (Å²) in [6.45, 7) is 0.369. The van der Waals surface area contributed by atoms with Crippen molar-refractivity contribution in [3.8, 4) is 0 Å². The maximum Gasteiger partial charge on any atom is 0.328 e. The lowest BCUT2D eigenvalue weighted by atomic mass is 10.2. The van der Waals surface area contributed by atoms with Crippen LogP contribution in [0.15, 0.2) is 18.2 Å². The highest BCUT2D eigenvalue weighted by Crippen LogP contribution is 2.34. The van der Waals surface area contributed by atoms with Gasteiger partial charge in [0.25, 0.3) is 0 Å². The molecule has 1 saturated heterocycles. The molecule has 1 atom stereocenters. The Morgan fingerprint density at radius 2 is 2.28 bits per heavy atom. The van der Waals surface area contributed by atoms with Crippen molar-refractivity contribution in [1.29, 1.82) is 0 Å². The van der Waals surface area contributed by atoms with E-state index in [9.17, 15) is 19.3 Å². The number of nitrogens with zero attached hydrogens (tertiary/aromatic N) is 2. The molecule has 1 aromatic carbocycles. The number of hydrogen-bond acceptors (Lipinski definition) is 3. The molecule has 5 nitrogen and oxygen atoms in total. The number of rotatable bonds is 3. The van der Waals surface area contributed by atoms with E-state index in [0.29, 0.717) is 18.3 Å². The third-order valence-corrected chi connectivity index (χ3v) is 3.78. The van der Waals surface area contributed by atoms with Gasteiger partial charge in [-0.1, -0.05) is 22.0 Å². The number of para-hydroxylation sites is 1. The van der Waals surface area contributed by atoms with Crippen molar-refractivity contribution in [3.63, 3.8) is 0 Å². The first-order chi connectivity index (χ1) is 8.54. The van der Waals surface area contributed by atoms with E-state index in [1.165, 1.54) is 17.0 Å². The monoisotopic (exact) mass is 316 g/mol. The molecule has 0 spiro atoms. The lowest BCUT2D eigenvalue weighted by Crippen LogP contribution is -2.25. The van der Waals surface area contributed by atoms with Gasteiger partial charge in [0.15, 0.2) is 0 Å². The maximum atomic E-state index is 13.5. The van der Waals surface area contributed by atoms with Crippen LogP contribution < -0.4 is 4.90 Å². The summed E-state index contributed by atoms with van der Waals surface area (Å²) in [5.74, 6) is -1.04. The van der Waals surface area contributed by atoms with Crippen molar-refractivity contribution < 1.29 is 14.1 Å². The molecule has 1 aliphatic heterocycles. The van der Waals surface area contributed by atoms with Crippen LogP contribution in [0.4, 0.5) is 15.8 Å². The van der Waals surface area contributed by atoms with Gasteiger partial charge in [-0.05, 0) is 18.1 Å². The number of benzene rings is 1. The number of nitro benzene ring substituents is 1. The quantitative estimate of drug-likeness (QED) is 0.489. The number of carbonyl (C=O) groups is 1. The van der Waals surface area contributed by atoms with E-state index in [0.717, 1.165) is 6.07 Å². The summed E-state index contributed by atoms with van der Waals surface area (Å²) in [7, 11) is 0. The zero-order chi connectivity index (χ0) is 13.3. The van der Waals surface area contributed by atoms with Gasteiger partial charge in [-0.25, -0.2) is 0 Å². The molecule has 1 unspecified atom stereocenters. The Morgan fingerprint density at radius 3 is 2.83 bits per heavy atom. The van der Waals surface area contributed by atoms with Gasteiger partial charge in [0.05, 0.1) is 4.92 Å². The van der Waals surface area contributed by atoms with Crippen LogP contribution in [0, 0.1) is 21.8 Å². The predicted octanol–water partition coefficient (Wildman–Crippen LogP) is 2.48. The Morgan fingerprint density at radius 1 is 1.56 bits per heavy atom. The number of alkyl halides is 1. The van der Waals surface area contributed by atoms with Crippen molar-refractivity contribution in [1.82, 2.24) is 0 Å². The van der Waals surface area contributed by atoms with Crippen molar-refractivity contribution in [2.45, 2.75) is 6.42 Å². The van der Waals surface area contributed by atoms with Gasteiger partial charge in [0, 0.05) is 18.3 Å². The van der Waals surface area contributed by atoms with Crippen molar-refractivity contribution in [3.05, 3.63) is 34.1 Å². The molecular formula is C11H10BrFN2O3. The van der Waals surface area contributed by atoms with Gasteiger partial charge >= 0.3 is 5.69 Å². The van der Waals surface area contributed by atoms with Gasteiger partial charge in [0.1, 0.15) is 5.69 Å². The van der Waals surface area contributed by atoms with E-state index in [1.54, 1.807) is 0 Å². The van der Waals surface area contributed by atoms with Gasteiger partial charge in [-0.2, -0.15) is 4.39 Å². The van der Waals surface area contributed by atoms with E-state index in [2.05, 4.69) is 15.9 Å². The smallest absolute Gasteiger partial charge is 0.306 e. The third-order valence-electron chi connectivity index (χ3n) is 2.86. The van der Waals surface area contributed by atoms with Crippen LogP contribution in [-0.2, 0) is 4.79 Å². The van der Waals surface area contributed by atoms with Crippen LogP contribution in [0.5, 0.6) is 0 Å². The van der Waals surface area contributed by atoms with Crippen LogP contribution in [0.25, 0.3) is 0 Å². The molecule has 1 aromatic rings. The molecule has 96 valence electrons. The highest BCUT2D eigenvalue weighted by Gasteiger charge is 2.34. The zero-order valence-electron chi connectivity index (χ0n) is 9.31. The number of amides is 1. The normalized spacial score (nSPS) is 19.3. The Hall–Kier alpha value is -1.50. The molecule has 0 aromatic heterocycles. The molecule has 18 heavy (non-hydrogen) atoms. The van der Waals surface area contributed by atoms with Crippen LogP contribution in [-0.4, -0.2) is 22.7 Å². The van der Waals surface area contributed by atoms with Crippen LogP contribution >= 0.6 is 15.9 Å². The van der Waals surface area contributed by atoms with E-state index in [-0.39, 0.29) is 17.5 Å². The average molecular weight is 317 g/mol. The topological polar surface area (TPSA) is 63.5 Å². The minimum atomic E-state index is -0.924. The lowest BCUT2D eigenvalue weighted by Gasteiger charge is -2.16. The number of halogens is 2. The van der Waals surface area contributed by atoms with Gasteiger partial charge < -0.3 is 4.90 Å². The first kappa shape index (κ1) is 12.9. The summed E-state index contributed by atoms with van der Waals surface area (Å²) < 4.78 is 13.5. The zero-order valence-corrected chi connectivity index (χ0v) is 10.9. The molecule has 0 bridgehead atoms. The van der Waals surface area contributed by atoms with E-state index in [1.807, 2.05) is 0 Å². The summed E-state index contributed by atoms with van der Waals surface area (Å²) >= 11 is 3.28. The fraction of sp³-hybridized carbons (Fsp3) is 0.364. The van der Waals surface area contributed by atoms with Gasteiger partial charge in [-0.15, -0.1) is 0 Å². The Balaban J connectivity index is 2.43. The Kier molecular flexibility index (Phi) is 3.60. The second kappa shape index (κ2) is 5.01. The molecule has 1 fully saturated rings. The average Bonchev–Trinajstić information content (AvgIpc) is 2.69. The molecule has 7 heteroatoms. The number of hydrogen-bond donors (Lipinski definition) is 0. The SMILES string of the molecule is O=C1CC(CBr)CN1c1cccc(F)c1[N+](=O)[O-]. The first-order valence-electron chi connectivity index (χ1n) is 5.33. The molecule has 2 rings (SSSR count). The second-order valence-electron chi connectivity index (χ2n) is 4.09. The van der Waals surface area contributed by atoms with E-state index >= 15 is 0 Å². The Bertz CT molecular complexity index is 509. The van der Waals surface area contributed by atoms with Gasteiger partial charge in [-0.3, -0.25) is 14.9 Å². The van der Waals surface area contributed by atoms with Crippen LogP contribution in [0.3, 0.4) is 0 Å². The fourth-order valence-electron chi connectivity index (χ4n) is 2.02. The van der Waals surface area contributed by atoms with Crippen LogP contribution in [0.2, 0.25) is 0 Å². The highest BCUT2D eigenvalue weighted by atomic mass is 79.9. The first-order valence-corrected chi connectivity index (χ1v) is 6.46. The second-order valence-corrected chi connectivity index (χ2v) is 4.74. The minimum absolute atomic E-state index is 0.0356. The highest BCUT2D eigenvalue weighted by molar-refractivity contribution is 9.09. The maximum absolute atomic E-state index is 13.5. The van der Waals surface area contributed by atoms with E-state index in [4.69, 9.17) is 0 Å².